The summed E-state index contributed by atoms with van der Waals surface area (Å²) in [6.07, 6.45) is 1.07. The third-order valence-corrected chi connectivity index (χ3v) is 3.40. The van der Waals surface area contributed by atoms with Crippen molar-refractivity contribution in [3.8, 4) is 5.75 Å². The molecule has 0 spiro atoms. The highest BCUT2D eigenvalue weighted by Crippen LogP contribution is 2.23. The number of benzene rings is 1. The number of hydrogen-bond donors (Lipinski definition) is 1. The zero-order valence-electron chi connectivity index (χ0n) is 11.0. The van der Waals surface area contributed by atoms with Crippen LogP contribution in [0.15, 0.2) is 24.3 Å². The first-order valence-corrected chi connectivity index (χ1v) is 6.33. The molecule has 1 heterocycles. The van der Waals surface area contributed by atoms with Crippen LogP contribution in [-0.2, 0) is 0 Å². The standard InChI is InChI=1S/C14H20N2O2/c1-15-9-11-7-8-16(10-11)14(17)12-5-3-4-6-13(12)18-2/h3-6,11,15H,7-10H2,1-2H3/t11-/m0/s1. The van der Waals surface area contributed by atoms with Crippen LogP contribution in [-0.4, -0.2) is 44.6 Å². The highest BCUT2D eigenvalue weighted by Gasteiger charge is 2.27. The molecule has 4 nitrogen and oxygen atoms in total. The minimum atomic E-state index is 0.0750. The first-order chi connectivity index (χ1) is 8.76. The van der Waals surface area contributed by atoms with E-state index in [0.29, 0.717) is 17.2 Å². The quantitative estimate of drug-likeness (QED) is 0.875. The van der Waals surface area contributed by atoms with Gasteiger partial charge in [-0.15, -0.1) is 0 Å². The van der Waals surface area contributed by atoms with Gasteiger partial charge in [-0.25, -0.2) is 0 Å². The van der Waals surface area contributed by atoms with Gasteiger partial charge in [0.2, 0.25) is 0 Å². The number of likely N-dealkylation sites (tertiary alicyclic amines) is 1. The Hall–Kier alpha value is -1.55. The van der Waals surface area contributed by atoms with Crippen molar-refractivity contribution >= 4 is 5.91 Å². The summed E-state index contributed by atoms with van der Waals surface area (Å²) in [5.74, 6) is 1.29. The fourth-order valence-corrected chi connectivity index (χ4v) is 2.46. The molecule has 18 heavy (non-hydrogen) atoms. The molecule has 0 aliphatic carbocycles. The van der Waals surface area contributed by atoms with E-state index >= 15 is 0 Å². The summed E-state index contributed by atoms with van der Waals surface area (Å²) >= 11 is 0. The van der Waals surface area contributed by atoms with Gasteiger partial charge in [0.05, 0.1) is 12.7 Å². The average Bonchev–Trinajstić information content (AvgIpc) is 2.87. The minimum Gasteiger partial charge on any atom is -0.496 e. The van der Waals surface area contributed by atoms with Crippen molar-refractivity contribution in [3.63, 3.8) is 0 Å². The van der Waals surface area contributed by atoms with E-state index in [9.17, 15) is 4.79 Å². The predicted molar refractivity (Wildman–Crippen MR) is 70.9 cm³/mol. The smallest absolute Gasteiger partial charge is 0.257 e. The Morgan fingerprint density at radius 1 is 1.50 bits per heavy atom. The lowest BCUT2D eigenvalue weighted by molar-refractivity contribution is 0.0784. The second-order valence-electron chi connectivity index (χ2n) is 4.66. The molecule has 98 valence electrons. The van der Waals surface area contributed by atoms with Gasteiger partial charge in [0.15, 0.2) is 0 Å². The SMILES string of the molecule is CNC[C@@H]1CCN(C(=O)c2ccccc2OC)C1. The summed E-state index contributed by atoms with van der Waals surface area (Å²) in [5.41, 5.74) is 0.658. The summed E-state index contributed by atoms with van der Waals surface area (Å²) in [5, 5.41) is 3.17. The van der Waals surface area contributed by atoms with Crippen molar-refractivity contribution in [2.24, 2.45) is 5.92 Å². The predicted octanol–water partition coefficient (Wildman–Crippen LogP) is 1.38. The number of ether oxygens (including phenoxy) is 1. The van der Waals surface area contributed by atoms with Gasteiger partial charge < -0.3 is 15.0 Å². The third-order valence-electron chi connectivity index (χ3n) is 3.40. The lowest BCUT2D eigenvalue weighted by Gasteiger charge is -2.18. The fraction of sp³-hybridized carbons (Fsp3) is 0.500. The monoisotopic (exact) mass is 248 g/mol. The number of methoxy groups -OCH3 is 1. The maximum atomic E-state index is 12.4. The lowest BCUT2D eigenvalue weighted by Crippen LogP contribution is -2.30. The van der Waals surface area contributed by atoms with E-state index < -0.39 is 0 Å². The van der Waals surface area contributed by atoms with E-state index in [2.05, 4.69) is 5.32 Å². The Balaban J connectivity index is 2.08. The largest absolute Gasteiger partial charge is 0.496 e. The lowest BCUT2D eigenvalue weighted by atomic mass is 10.1. The molecule has 0 aromatic heterocycles. The minimum absolute atomic E-state index is 0.0750. The Bertz CT molecular complexity index is 420. The summed E-state index contributed by atoms with van der Waals surface area (Å²) in [7, 11) is 3.55. The molecule has 1 saturated heterocycles. The molecule has 0 unspecified atom stereocenters. The number of rotatable bonds is 4. The third kappa shape index (κ3) is 2.64. The van der Waals surface area contributed by atoms with Gasteiger partial charge in [-0.1, -0.05) is 12.1 Å². The second-order valence-corrected chi connectivity index (χ2v) is 4.66. The van der Waals surface area contributed by atoms with E-state index in [0.717, 1.165) is 26.1 Å². The summed E-state index contributed by atoms with van der Waals surface area (Å²) in [4.78, 5) is 14.3. The van der Waals surface area contributed by atoms with Crippen LogP contribution in [0, 0.1) is 5.92 Å². The fourth-order valence-electron chi connectivity index (χ4n) is 2.46. The van der Waals surface area contributed by atoms with E-state index in [4.69, 9.17) is 4.74 Å². The normalized spacial score (nSPS) is 19.0. The van der Waals surface area contributed by atoms with Gasteiger partial charge in [-0.2, -0.15) is 0 Å². The van der Waals surface area contributed by atoms with Crippen LogP contribution in [0.5, 0.6) is 5.75 Å². The Morgan fingerprint density at radius 3 is 3.00 bits per heavy atom. The Labute approximate surface area is 108 Å². The van der Waals surface area contributed by atoms with Crippen LogP contribution < -0.4 is 10.1 Å². The summed E-state index contributed by atoms with van der Waals surface area (Å²) in [6, 6.07) is 7.40. The van der Waals surface area contributed by atoms with Crippen molar-refractivity contribution in [2.45, 2.75) is 6.42 Å². The highest BCUT2D eigenvalue weighted by molar-refractivity contribution is 5.97. The molecule has 0 bridgehead atoms. The summed E-state index contributed by atoms with van der Waals surface area (Å²) < 4.78 is 5.24. The van der Waals surface area contributed by atoms with E-state index in [-0.39, 0.29) is 5.91 Å². The first kappa shape index (κ1) is 12.9. The van der Waals surface area contributed by atoms with Gasteiger partial charge in [-0.3, -0.25) is 4.79 Å². The van der Waals surface area contributed by atoms with Crippen molar-refractivity contribution < 1.29 is 9.53 Å². The van der Waals surface area contributed by atoms with Crippen molar-refractivity contribution in [2.75, 3.05) is 33.8 Å². The van der Waals surface area contributed by atoms with E-state index in [1.807, 2.05) is 36.2 Å². The van der Waals surface area contributed by atoms with Crippen LogP contribution >= 0.6 is 0 Å². The van der Waals surface area contributed by atoms with Gasteiger partial charge >= 0.3 is 0 Å². The molecule has 1 N–H and O–H groups in total. The van der Waals surface area contributed by atoms with Gasteiger partial charge in [-0.05, 0) is 38.1 Å². The zero-order chi connectivity index (χ0) is 13.0. The number of nitrogens with zero attached hydrogens (tertiary/aromatic N) is 1. The molecule has 1 aromatic carbocycles. The average molecular weight is 248 g/mol. The molecule has 0 saturated carbocycles. The van der Waals surface area contributed by atoms with Crippen LogP contribution in [0.2, 0.25) is 0 Å². The number of para-hydroxylation sites is 1. The van der Waals surface area contributed by atoms with Gasteiger partial charge in [0.1, 0.15) is 5.75 Å². The number of nitrogens with one attached hydrogen (secondary N) is 1. The zero-order valence-corrected chi connectivity index (χ0v) is 11.0. The molecular weight excluding hydrogens is 228 g/mol. The number of hydrogen-bond acceptors (Lipinski definition) is 3. The highest BCUT2D eigenvalue weighted by atomic mass is 16.5. The topological polar surface area (TPSA) is 41.6 Å². The van der Waals surface area contributed by atoms with Gasteiger partial charge in [0, 0.05) is 13.1 Å². The molecule has 4 heteroatoms. The number of amides is 1. The van der Waals surface area contributed by atoms with Crippen LogP contribution in [0.3, 0.4) is 0 Å². The second kappa shape index (κ2) is 5.87. The first-order valence-electron chi connectivity index (χ1n) is 6.33. The molecule has 1 amide bonds. The van der Waals surface area contributed by atoms with Crippen LogP contribution in [0.25, 0.3) is 0 Å². The van der Waals surface area contributed by atoms with Crippen molar-refractivity contribution in [3.05, 3.63) is 29.8 Å². The molecule has 1 aliphatic heterocycles. The molecule has 2 rings (SSSR count). The van der Waals surface area contributed by atoms with Crippen molar-refractivity contribution in [1.29, 1.82) is 0 Å². The molecule has 0 radical (unpaired) electrons. The maximum absolute atomic E-state index is 12.4. The van der Waals surface area contributed by atoms with Gasteiger partial charge in [0.25, 0.3) is 5.91 Å². The maximum Gasteiger partial charge on any atom is 0.257 e. The van der Waals surface area contributed by atoms with E-state index in [1.165, 1.54) is 0 Å². The Morgan fingerprint density at radius 2 is 2.28 bits per heavy atom. The van der Waals surface area contributed by atoms with Crippen LogP contribution in [0.4, 0.5) is 0 Å². The molecular formula is C14H20N2O2. The number of carbonyl (C=O) groups is 1. The van der Waals surface area contributed by atoms with E-state index in [1.54, 1.807) is 7.11 Å². The molecule has 1 aromatic rings. The Kier molecular flexibility index (Phi) is 4.20. The summed E-state index contributed by atoms with van der Waals surface area (Å²) in [6.45, 7) is 2.64. The number of carbonyl (C=O) groups excluding carboxylic acids is 1. The van der Waals surface area contributed by atoms with Crippen molar-refractivity contribution in [1.82, 2.24) is 10.2 Å². The molecule has 1 aliphatic rings. The molecule has 1 fully saturated rings. The molecule has 1 atom stereocenters. The van der Waals surface area contributed by atoms with Crippen LogP contribution in [0.1, 0.15) is 16.8 Å².